The van der Waals surface area contributed by atoms with E-state index in [-0.39, 0.29) is 5.91 Å². The predicted molar refractivity (Wildman–Crippen MR) is 74.5 cm³/mol. The zero-order valence-electron chi connectivity index (χ0n) is 12.2. The molecule has 0 radical (unpaired) electrons. The van der Waals surface area contributed by atoms with Crippen molar-refractivity contribution in [2.45, 2.75) is 64.3 Å². The molecular formula is C15H26N2O2. The summed E-state index contributed by atoms with van der Waals surface area (Å²) in [7, 11) is 0. The van der Waals surface area contributed by atoms with Gasteiger partial charge in [0.25, 0.3) is 0 Å². The molecule has 1 aliphatic rings. The van der Waals surface area contributed by atoms with Crippen molar-refractivity contribution in [1.29, 1.82) is 5.26 Å². The van der Waals surface area contributed by atoms with E-state index in [1.54, 1.807) is 0 Å². The Morgan fingerprint density at radius 3 is 2.68 bits per heavy atom. The van der Waals surface area contributed by atoms with Crippen molar-refractivity contribution in [1.82, 2.24) is 5.32 Å². The zero-order valence-corrected chi connectivity index (χ0v) is 12.2. The molecule has 0 spiro atoms. The minimum absolute atomic E-state index is 0.0330. The molecule has 0 saturated heterocycles. The minimum Gasteiger partial charge on any atom is -0.382 e. The number of carbonyl (C=O) groups excluding carboxylic acids is 1. The number of hydrogen-bond acceptors (Lipinski definition) is 3. The number of nitriles is 1. The largest absolute Gasteiger partial charge is 0.382 e. The van der Waals surface area contributed by atoms with Crippen molar-refractivity contribution >= 4 is 5.91 Å². The summed E-state index contributed by atoms with van der Waals surface area (Å²) in [5, 5.41) is 12.3. The van der Waals surface area contributed by atoms with Crippen molar-refractivity contribution in [2.24, 2.45) is 5.92 Å². The molecule has 1 amide bonds. The average molecular weight is 266 g/mol. The smallest absolute Gasteiger partial charge is 0.221 e. The van der Waals surface area contributed by atoms with Crippen LogP contribution in [0.5, 0.6) is 0 Å². The van der Waals surface area contributed by atoms with Crippen LogP contribution in [0.3, 0.4) is 0 Å². The molecule has 0 heterocycles. The van der Waals surface area contributed by atoms with Gasteiger partial charge in [-0.05, 0) is 39.0 Å². The van der Waals surface area contributed by atoms with Crippen LogP contribution in [0.25, 0.3) is 0 Å². The van der Waals surface area contributed by atoms with Gasteiger partial charge in [-0.1, -0.05) is 19.3 Å². The Morgan fingerprint density at radius 2 is 2.11 bits per heavy atom. The summed E-state index contributed by atoms with van der Waals surface area (Å²) in [5.41, 5.74) is -0.705. The van der Waals surface area contributed by atoms with Crippen molar-refractivity contribution in [2.75, 3.05) is 13.2 Å². The average Bonchev–Trinajstić information content (AvgIpc) is 2.44. The van der Waals surface area contributed by atoms with E-state index in [0.29, 0.717) is 32.0 Å². The summed E-state index contributed by atoms with van der Waals surface area (Å²) in [6.07, 6.45) is 6.83. The highest BCUT2D eigenvalue weighted by atomic mass is 16.5. The van der Waals surface area contributed by atoms with E-state index in [2.05, 4.69) is 11.4 Å². The van der Waals surface area contributed by atoms with Crippen LogP contribution in [-0.2, 0) is 9.53 Å². The van der Waals surface area contributed by atoms with Crippen LogP contribution < -0.4 is 5.32 Å². The van der Waals surface area contributed by atoms with Crippen LogP contribution in [0.2, 0.25) is 0 Å². The van der Waals surface area contributed by atoms with E-state index >= 15 is 0 Å². The van der Waals surface area contributed by atoms with Crippen molar-refractivity contribution < 1.29 is 9.53 Å². The van der Waals surface area contributed by atoms with Crippen LogP contribution in [0.1, 0.15) is 58.8 Å². The molecule has 19 heavy (non-hydrogen) atoms. The van der Waals surface area contributed by atoms with E-state index in [1.165, 1.54) is 19.3 Å². The molecule has 1 rings (SSSR count). The lowest BCUT2D eigenvalue weighted by atomic mass is 9.76. The van der Waals surface area contributed by atoms with E-state index in [1.807, 2.05) is 13.8 Å². The Labute approximate surface area is 116 Å². The first-order chi connectivity index (χ1) is 9.12. The lowest BCUT2D eigenvalue weighted by Crippen LogP contribution is -2.51. The molecule has 108 valence electrons. The number of ether oxygens (including phenoxy) is 1. The number of carbonyl (C=O) groups is 1. The third-order valence-corrected chi connectivity index (χ3v) is 3.95. The summed E-state index contributed by atoms with van der Waals surface area (Å²) in [4.78, 5) is 11.9. The molecule has 0 unspecified atom stereocenters. The van der Waals surface area contributed by atoms with Gasteiger partial charge < -0.3 is 10.1 Å². The zero-order chi connectivity index (χ0) is 14.1. The molecular weight excluding hydrogens is 240 g/mol. The van der Waals surface area contributed by atoms with Crippen LogP contribution in [0.15, 0.2) is 0 Å². The molecule has 0 aromatic heterocycles. The summed E-state index contributed by atoms with van der Waals surface area (Å²) in [6.45, 7) is 5.09. The predicted octanol–water partition coefficient (Wildman–Crippen LogP) is 2.78. The number of nitrogens with one attached hydrogen (secondary N) is 1. The molecule has 1 atom stereocenters. The van der Waals surface area contributed by atoms with Gasteiger partial charge in [0.1, 0.15) is 5.54 Å². The highest BCUT2D eigenvalue weighted by Gasteiger charge is 2.36. The summed E-state index contributed by atoms with van der Waals surface area (Å²) < 4.78 is 5.21. The molecule has 1 fully saturated rings. The molecule has 1 saturated carbocycles. The Balaban J connectivity index is 2.41. The third-order valence-electron chi connectivity index (χ3n) is 3.95. The van der Waals surface area contributed by atoms with Crippen LogP contribution in [0, 0.1) is 17.2 Å². The molecule has 0 aliphatic heterocycles. The summed E-state index contributed by atoms with van der Waals surface area (Å²) in [5.74, 6) is 0.261. The Hall–Kier alpha value is -1.08. The van der Waals surface area contributed by atoms with Gasteiger partial charge in [0, 0.05) is 19.6 Å². The fraction of sp³-hybridized carbons (Fsp3) is 0.867. The second kappa shape index (κ2) is 8.16. The number of nitrogens with zero attached hydrogens (tertiary/aromatic N) is 1. The Morgan fingerprint density at radius 1 is 1.42 bits per heavy atom. The van der Waals surface area contributed by atoms with E-state index in [9.17, 15) is 10.1 Å². The highest BCUT2D eigenvalue weighted by molar-refractivity contribution is 5.77. The fourth-order valence-electron chi connectivity index (χ4n) is 2.73. The highest BCUT2D eigenvalue weighted by Crippen LogP contribution is 2.32. The maximum atomic E-state index is 11.9. The Kier molecular flexibility index (Phi) is 6.86. The van der Waals surface area contributed by atoms with Crippen LogP contribution in [0.4, 0.5) is 0 Å². The summed E-state index contributed by atoms with van der Waals surface area (Å²) >= 11 is 0. The first-order valence-corrected chi connectivity index (χ1v) is 7.42. The first-order valence-electron chi connectivity index (χ1n) is 7.42. The van der Waals surface area contributed by atoms with Crippen LogP contribution in [-0.4, -0.2) is 24.7 Å². The molecule has 0 bridgehead atoms. The van der Waals surface area contributed by atoms with Gasteiger partial charge in [-0.3, -0.25) is 4.79 Å². The second-order valence-corrected chi connectivity index (χ2v) is 5.50. The van der Waals surface area contributed by atoms with E-state index in [0.717, 1.165) is 12.8 Å². The normalized spacial score (nSPS) is 19.4. The topological polar surface area (TPSA) is 62.1 Å². The van der Waals surface area contributed by atoms with Gasteiger partial charge in [0.2, 0.25) is 5.91 Å². The third kappa shape index (κ3) is 5.20. The van der Waals surface area contributed by atoms with Gasteiger partial charge in [-0.25, -0.2) is 0 Å². The van der Waals surface area contributed by atoms with Gasteiger partial charge in [-0.2, -0.15) is 5.26 Å². The number of rotatable bonds is 7. The quantitative estimate of drug-likeness (QED) is 0.721. The van der Waals surface area contributed by atoms with Gasteiger partial charge in [0.05, 0.1) is 6.07 Å². The maximum Gasteiger partial charge on any atom is 0.221 e. The van der Waals surface area contributed by atoms with Gasteiger partial charge >= 0.3 is 0 Å². The second-order valence-electron chi connectivity index (χ2n) is 5.50. The van der Waals surface area contributed by atoms with Gasteiger partial charge in [0.15, 0.2) is 0 Å². The lowest BCUT2D eigenvalue weighted by Gasteiger charge is -2.35. The Bertz CT molecular complexity index is 319. The molecule has 4 heteroatoms. The minimum atomic E-state index is -0.705. The van der Waals surface area contributed by atoms with Crippen molar-refractivity contribution in [3.05, 3.63) is 0 Å². The molecule has 0 aromatic rings. The number of amides is 1. The monoisotopic (exact) mass is 266 g/mol. The molecule has 1 aliphatic carbocycles. The maximum absolute atomic E-state index is 11.9. The standard InChI is InChI=1S/C15H26N2O2/c1-3-19-11-7-10-14(18)17-15(2,12-16)13-8-5-4-6-9-13/h13H,3-11H2,1-2H3,(H,17,18)/t15-/m1/s1. The molecule has 4 nitrogen and oxygen atoms in total. The fourth-order valence-corrected chi connectivity index (χ4v) is 2.73. The van der Waals surface area contributed by atoms with Crippen LogP contribution >= 0.6 is 0 Å². The molecule has 0 aromatic carbocycles. The van der Waals surface area contributed by atoms with Gasteiger partial charge in [-0.15, -0.1) is 0 Å². The van der Waals surface area contributed by atoms with Crippen molar-refractivity contribution in [3.8, 4) is 6.07 Å². The van der Waals surface area contributed by atoms with E-state index in [4.69, 9.17) is 4.74 Å². The lowest BCUT2D eigenvalue weighted by molar-refractivity contribution is -0.123. The van der Waals surface area contributed by atoms with Crippen molar-refractivity contribution in [3.63, 3.8) is 0 Å². The summed E-state index contributed by atoms with van der Waals surface area (Å²) in [6, 6.07) is 2.32. The SMILES string of the molecule is CCOCCCC(=O)N[C@](C)(C#N)C1CCCCC1. The van der Waals surface area contributed by atoms with E-state index < -0.39 is 5.54 Å². The molecule has 1 N–H and O–H groups in total. The number of hydrogen-bond donors (Lipinski definition) is 1. The first kappa shape index (κ1) is 16.0.